The third-order valence-corrected chi connectivity index (χ3v) is 3.21. The fourth-order valence-corrected chi connectivity index (χ4v) is 2.29. The number of hydrogen-bond donors (Lipinski definition) is 2. The Morgan fingerprint density at radius 1 is 1.29 bits per heavy atom. The maximum atomic E-state index is 13.3. The van der Waals surface area contributed by atoms with Gasteiger partial charge in [-0.3, -0.25) is 4.79 Å². The Morgan fingerprint density at radius 3 is 2.65 bits per heavy atom. The minimum atomic E-state index is -0.727. The number of hydrogen-bond acceptors (Lipinski definition) is 2. The van der Waals surface area contributed by atoms with Crippen molar-refractivity contribution in [2.75, 3.05) is 5.32 Å². The zero-order chi connectivity index (χ0) is 12.3. The van der Waals surface area contributed by atoms with Crippen molar-refractivity contribution >= 4 is 11.6 Å². The van der Waals surface area contributed by atoms with Gasteiger partial charge in [0.15, 0.2) is 0 Å². The van der Waals surface area contributed by atoms with Crippen molar-refractivity contribution in [3.05, 3.63) is 29.6 Å². The van der Waals surface area contributed by atoms with E-state index in [-0.39, 0.29) is 5.56 Å². The summed E-state index contributed by atoms with van der Waals surface area (Å²) >= 11 is 0. The van der Waals surface area contributed by atoms with Crippen molar-refractivity contribution in [1.82, 2.24) is 0 Å². The number of nitrogens with two attached hydrogens (primary N) is 1. The summed E-state index contributed by atoms with van der Waals surface area (Å²) in [6, 6.07) is 4.85. The zero-order valence-electron chi connectivity index (χ0n) is 9.71. The number of halogens is 1. The molecule has 3 nitrogen and oxygen atoms in total. The molecule has 17 heavy (non-hydrogen) atoms. The van der Waals surface area contributed by atoms with E-state index in [2.05, 4.69) is 5.32 Å². The van der Waals surface area contributed by atoms with Crippen LogP contribution < -0.4 is 11.1 Å². The number of primary amides is 1. The lowest BCUT2D eigenvalue weighted by Gasteiger charge is -2.24. The van der Waals surface area contributed by atoms with Gasteiger partial charge in [0.05, 0.1) is 5.56 Å². The second kappa shape index (κ2) is 5.17. The van der Waals surface area contributed by atoms with E-state index in [9.17, 15) is 9.18 Å². The van der Waals surface area contributed by atoms with E-state index < -0.39 is 11.7 Å². The summed E-state index contributed by atoms with van der Waals surface area (Å²) in [5.74, 6) is -1.29. The van der Waals surface area contributed by atoms with Crippen LogP contribution in [0.25, 0.3) is 0 Å². The molecule has 0 atom stereocenters. The third-order valence-electron chi connectivity index (χ3n) is 3.21. The van der Waals surface area contributed by atoms with Gasteiger partial charge < -0.3 is 11.1 Å². The van der Waals surface area contributed by atoms with Gasteiger partial charge in [-0.05, 0) is 31.0 Å². The highest BCUT2D eigenvalue weighted by atomic mass is 19.1. The van der Waals surface area contributed by atoms with Crippen LogP contribution in [0.4, 0.5) is 10.1 Å². The van der Waals surface area contributed by atoms with E-state index in [1.54, 1.807) is 6.07 Å². The molecule has 0 aromatic heterocycles. The molecule has 1 aromatic rings. The first-order valence-electron chi connectivity index (χ1n) is 6.02. The predicted octanol–water partition coefficient (Wildman–Crippen LogP) is 2.67. The van der Waals surface area contributed by atoms with Gasteiger partial charge in [0, 0.05) is 11.7 Å². The van der Waals surface area contributed by atoms with Crippen LogP contribution in [0.1, 0.15) is 42.5 Å². The fraction of sp³-hybridized carbons (Fsp3) is 0.462. The molecule has 2 rings (SSSR count). The van der Waals surface area contributed by atoms with Crippen LogP contribution in [-0.4, -0.2) is 11.9 Å². The molecule has 0 spiro atoms. The summed E-state index contributed by atoms with van der Waals surface area (Å²) in [5, 5.41) is 3.33. The standard InChI is InChI=1S/C13H17FN2O/c14-12-7-6-10(8-11(12)13(15)17)16-9-4-2-1-3-5-9/h6-9,16H,1-5H2,(H2,15,17). The molecule has 0 aliphatic heterocycles. The number of nitrogens with one attached hydrogen (secondary N) is 1. The number of amides is 1. The zero-order valence-corrected chi connectivity index (χ0v) is 9.71. The van der Waals surface area contributed by atoms with Crippen molar-refractivity contribution in [2.24, 2.45) is 5.73 Å². The minimum Gasteiger partial charge on any atom is -0.382 e. The summed E-state index contributed by atoms with van der Waals surface area (Å²) in [6.45, 7) is 0. The largest absolute Gasteiger partial charge is 0.382 e. The van der Waals surface area contributed by atoms with Crippen LogP contribution in [0.15, 0.2) is 18.2 Å². The molecule has 0 bridgehead atoms. The second-order valence-electron chi connectivity index (χ2n) is 4.54. The molecule has 1 saturated carbocycles. The molecule has 92 valence electrons. The SMILES string of the molecule is NC(=O)c1cc(NC2CCCCC2)ccc1F. The van der Waals surface area contributed by atoms with E-state index in [0.717, 1.165) is 18.5 Å². The molecule has 0 heterocycles. The van der Waals surface area contributed by atoms with Crippen LogP contribution in [0.3, 0.4) is 0 Å². The number of benzene rings is 1. The van der Waals surface area contributed by atoms with E-state index in [1.165, 1.54) is 31.4 Å². The Hall–Kier alpha value is -1.58. The van der Waals surface area contributed by atoms with Gasteiger partial charge in [-0.25, -0.2) is 4.39 Å². The molecule has 0 unspecified atom stereocenters. The van der Waals surface area contributed by atoms with Gasteiger partial charge in [0.25, 0.3) is 5.91 Å². The van der Waals surface area contributed by atoms with Gasteiger partial charge in [0.1, 0.15) is 5.82 Å². The average Bonchev–Trinajstić information content (AvgIpc) is 2.32. The Kier molecular flexibility index (Phi) is 3.61. The maximum absolute atomic E-state index is 13.3. The summed E-state index contributed by atoms with van der Waals surface area (Å²) < 4.78 is 13.3. The fourth-order valence-electron chi connectivity index (χ4n) is 2.29. The van der Waals surface area contributed by atoms with Crippen molar-refractivity contribution < 1.29 is 9.18 Å². The highest BCUT2D eigenvalue weighted by Crippen LogP contribution is 2.22. The highest BCUT2D eigenvalue weighted by Gasteiger charge is 2.14. The lowest BCUT2D eigenvalue weighted by Crippen LogP contribution is -2.22. The molecule has 0 radical (unpaired) electrons. The van der Waals surface area contributed by atoms with Crippen LogP contribution in [0.5, 0.6) is 0 Å². The van der Waals surface area contributed by atoms with Crippen molar-refractivity contribution in [1.29, 1.82) is 0 Å². The Bertz CT molecular complexity index is 414. The van der Waals surface area contributed by atoms with Gasteiger partial charge >= 0.3 is 0 Å². The first-order chi connectivity index (χ1) is 8.16. The number of rotatable bonds is 3. The molecule has 1 aliphatic carbocycles. The molecule has 1 aliphatic rings. The smallest absolute Gasteiger partial charge is 0.251 e. The summed E-state index contributed by atoms with van der Waals surface area (Å²) in [7, 11) is 0. The first kappa shape index (κ1) is 11.9. The molecule has 0 saturated heterocycles. The lowest BCUT2D eigenvalue weighted by atomic mass is 9.95. The maximum Gasteiger partial charge on any atom is 0.251 e. The third kappa shape index (κ3) is 2.96. The quantitative estimate of drug-likeness (QED) is 0.847. The Balaban J connectivity index is 2.10. The first-order valence-corrected chi connectivity index (χ1v) is 6.02. The summed E-state index contributed by atoms with van der Waals surface area (Å²) in [5.41, 5.74) is 5.83. The van der Waals surface area contributed by atoms with E-state index in [4.69, 9.17) is 5.73 Å². The topological polar surface area (TPSA) is 55.1 Å². The van der Waals surface area contributed by atoms with E-state index >= 15 is 0 Å². The average molecular weight is 236 g/mol. The van der Waals surface area contributed by atoms with Gasteiger partial charge in [-0.15, -0.1) is 0 Å². The van der Waals surface area contributed by atoms with Gasteiger partial charge in [-0.2, -0.15) is 0 Å². The highest BCUT2D eigenvalue weighted by molar-refractivity contribution is 5.94. The minimum absolute atomic E-state index is 0.0502. The van der Waals surface area contributed by atoms with Gasteiger partial charge in [-0.1, -0.05) is 19.3 Å². The molecular formula is C13H17FN2O. The molecule has 1 fully saturated rings. The summed E-state index contributed by atoms with van der Waals surface area (Å²) in [6.07, 6.45) is 5.99. The lowest BCUT2D eigenvalue weighted by molar-refractivity contribution is 0.0996. The van der Waals surface area contributed by atoms with Crippen molar-refractivity contribution in [3.63, 3.8) is 0 Å². The van der Waals surface area contributed by atoms with Crippen LogP contribution >= 0.6 is 0 Å². The molecular weight excluding hydrogens is 219 g/mol. The molecule has 3 N–H and O–H groups in total. The van der Waals surface area contributed by atoms with Gasteiger partial charge in [0.2, 0.25) is 0 Å². The van der Waals surface area contributed by atoms with E-state index in [0.29, 0.717) is 6.04 Å². The summed E-state index contributed by atoms with van der Waals surface area (Å²) in [4.78, 5) is 11.0. The van der Waals surface area contributed by atoms with Crippen LogP contribution in [-0.2, 0) is 0 Å². The monoisotopic (exact) mass is 236 g/mol. The van der Waals surface area contributed by atoms with Crippen molar-refractivity contribution in [2.45, 2.75) is 38.1 Å². The normalized spacial score (nSPS) is 16.8. The van der Waals surface area contributed by atoms with E-state index in [1.807, 2.05) is 0 Å². The molecule has 1 aromatic carbocycles. The number of carbonyl (C=O) groups is 1. The molecule has 4 heteroatoms. The second-order valence-corrected chi connectivity index (χ2v) is 4.54. The van der Waals surface area contributed by atoms with Crippen molar-refractivity contribution in [3.8, 4) is 0 Å². The molecule has 1 amide bonds. The Morgan fingerprint density at radius 2 is 2.00 bits per heavy atom. The number of carbonyl (C=O) groups excluding carboxylic acids is 1. The Labute approximate surface area is 100 Å². The van der Waals surface area contributed by atoms with Crippen LogP contribution in [0, 0.1) is 5.82 Å². The van der Waals surface area contributed by atoms with Crippen LogP contribution in [0.2, 0.25) is 0 Å². The predicted molar refractivity (Wildman–Crippen MR) is 65.4 cm³/mol. The number of anilines is 1.